The molecule has 0 spiro atoms. The van der Waals surface area contributed by atoms with Gasteiger partial charge in [-0.3, -0.25) is 14.4 Å². The van der Waals surface area contributed by atoms with E-state index in [9.17, 15) is 14.4 Å². The first kappa shape index (κ1) is 65.1. The van der Waals surface area contributed by atoms with Gasteiger partial charge < -0.3 is 14.2 Å². The standard InChI is InChI=1S/C63H104O6/c1-4-7-10-13-16-19-22-25-28-30-31-33-36-38-41-44-47-50-53-56-62(65)68-59-60(69-63(66)57-54-51-48-45-42-39-34-27-24-21-18-15-12-9-6-3)58-67-61(64)55-52-49-46-43-40-37-35-32-29-26-23-20-17-14-11-8-5-2/h8-9,11-12,17-18,20-21,25-29,34-35,37,42,45,60H,4-7,10,13-16,19,22-24,30-33,36,38-41,43-44,46-59H2,1-3H3/b11-8-,12-9-,20-17-,21-18-,28-25-,29-26-,34-27-,37-35-,45-42-/t60-/m1/s1. The molecule has 6 nitrogen and oxygen atoms in total. The zero-order chi connectivity index (χ0) is 50.0. The molecule has 0 aromatic carbocycles. The minimum absolute atomic E-state index is 0.105. The second-order valence-electron chi connectivity index (χ2n) is 18.4. The molecule has 0 amide bonds. The molecule has 0 heterocycles. The Hall–Kier alpha value is -3.93. The van der Waals surface area contributed by atoms with E-state index in [1.165, 1.54) is 89.9 Å². The Morgan fingerprint density at radius 3 is 0.928 bits per heavy atom. The molecular formula is C63H104O6. The van der Waals surface area contributed by atoms with Crippen LogP contribution in [0.4, 0.5) is 0 Å². The van der Waals surface area contributed by atoms with Gasteiger partial charge in [-0.15, -0.1) is 0 Å². The fourth-order valence-corrected chi connectivity index (χ4v) is 7.54. The van der Waals surface area contributed by atoms with Crippen molar-refractivity contribution in [1.82, 2.24) is 0 Å². The zero-order valence-electron chi connectivity index (χ0n) is 44.8. The largest absolute Gasteiger partial charge is 0.462 e. The highest BCUT2D eigenvalue weighted by molar-refractivity contribution is 5.71. The summed E-state index contributed by atoms with van der Waals surface area (Å²) in [7, 11) is 0. The van der Waals surface area contributed by atoms with Crippen LogP contribution in [-0.2, 0) is 28.6 Å². The number of carbonyl (C=O) groups excluding carboxylic acids is 3. The number of hydrogen-bond donors (Lipinski definition) is 0. The summed E-state index contributed by atoms with van der Waals surface area (Å²) < 4.78 is 16.8. The molecule has 6 heteroatoms. The minimum atomic E-state index is -0.813. The summed E-state index contributed by atoms with van der Waals surface area (Å²) in [6.07, 6.45) is 76.5. The van der Waals surface area contributed by atoms with Crippen molar-refractivity contribution in [2.75, 3.05) is 13.2 Å². The summed E-state index contributed by atoms with van der Waals surface area (Å²) >= 11 is 0. The molecule has 0 fully saturated rings. The fraction of sp³-hybridized carbons (Fsp3) is 0.667. The van der Waals surface area contributed by atoms with Crippen molar-refractivity contribution in [2.45, 2.75) is 258 Å². The summed E-state index contributed by atoms with van der Waals surface area (Å²) in [6, 6.07) is 0. The lowest BCUT2D eigenvalue weighted by atomic mass is 10.1. The second kappa shape index (κ2) is 56.7. The highest BCUT2D eigenvalue weighted by Gasteiger charge is 2.19. The van der Waals surface area contributed by atoms with Gasteiger partial charge in [-0.1, -0.05) is 220 Å². The van der Waals surface area contributed by atoms with Crippen LogP contribution in [0.2, 0.25) is 0 Å². The van der Waals surface area contributed by atoms with Crippen molar-refractivity contribution in [1.29, 1.82) is 0 Å². The third-order valence-electron chi connectivity index (χ3n) is 11.7. The number of esters is 3. The Balaban J connectivity index is 4.47. The first-order chi connectivity index (χ1) is 34.0. The van der Waals surface area contributed by atoms with Crippen molar-refractivity contribution >= 4 is 17.9 Å². The van der Waals surface area contributed by atoms with Crippen molar-refractivity contribution in [2.24, 2.45) is 0 Å². The van der Waals surface area contributed by atoms with Gasteiger partial charge in [0, 0.05) is 19.3 Å². The van der Waals surface area contributed by atoms with Crippen molar-refractivity contribution < 1.29 is 28.6 Å². The number of carbonyl (C=O) groups is 3. The van der Waals surface area contributed by atoms with Crippen LogP contribution in [0, 0.1) is 0 Å². The van der Waals surface area contributed by atoms with E-state index in [0.717, 1.165) is 116 Å². The van der Waals surface area contributed by atoms with Crippen molar-refractivity contribution in [3.8, 4) is 0 Å². The molecule has 0 rings (SSSR count). The summed E-state index contributed by atoms with van der Waals surface area (Å²) in [4.78, 5) is 38.1. The van der Waals surface area contributed by atoms with Gasteiger partial charge in [-0.05, 0) is 122 Å². The minimum Gasteiger partial charge on any atom is -0.462 e. The van der Waals surface area contributed by atoms with Gasteiger partial charge in [0.15, 0.2) is 6.10 Å². The Kier molecular flexibility index (Phi) is 53.4. The lowest BCUT2D eigenvalue weighted by Crippen LogP contribution is -2.30. The predicted molar refractivity (Wildman–Crippen MR) is 297 cm³/mol. The maximum absolute atomic E-state index is 12.8. The highest BCUT2D eigenvalue weighted by Crippen LogP contribution is 2.14. The number of allylic oxidation sites excluding steroid dienone is 18. The average molecular weight is 958 g/mol. The third kappa shape index (κ3) is 54.9. The lowest BCUT2D eigenvalue weighted by Gasteiger charge is -2.18. The van der Waals surface area contributed by atoms with Gasteiger partial charge in [-0.2, -0.15) is 0 Å². The molecule has 1 atom stereocenters. The lowest BCUT2D eigenvalue weighted by molar-refractivity contribution is -0.167. The maximum atomic E-state index is 12.8. The van der Waals surface area contributed by atoms with Gasteiger partial charge in [-0.25, -0.2) is 0 Å². The van der Waals surface area contributed by atoms with Crippen molar-refractivity contribution in [3.05, 3.63) is 109 Å². The average Bonchev–Trinajstić information content (AvgIpc) is 3.35. The molecule has 0 aromatic heterocycles. The number of hydrogen-bond acceptors (Lipinski definition) is 6. The molecule has 69 heavy (non-hydrogen) atoms. The summed E-state index contributed by atoms with van der Waals surface area (Å²) in [5, 5.41) is 0. The van der Waals surface area contributed by atoms with E-state index in [-0.39, 0.29) is 37.5 Å². The van der Waals surface area contributed by atoms with Crippen LogP contribution in [0.25, 0.3) is 0 Å². The van der Waals surface area contributed by atoms with Crippen LogP contribution in [0.15, 0.2) is 109 Å². The second-order valence-corrected chi connectivity index (χ2v) is 18.4. The van der Waals surface area contributed by atoms with Gasteiger partial charge in [0.05, 0.1) is 0 Å². The van der Waals surface area contributed by atoms with Crippen LogP contribution < -0.4 is 0 Å². The molecule has 0 aromatic rings. The SMILES string of the molecule is CC/C=C\C/C=C\C/C=C\C/C=C\CCCCCCC(=O)OC[C@H](COC(=O)CCCCCCCCCCC/C=C\CCCCCCCC)OC(=O)CCCC/C=C\C/C=C\C/C=C\C/C=C\CC. The summed E-state index contributed by atoms with van der Waals surface area (Å²) in [5.74, 6) is -0.974. The first-order valence-corrected chi connectivity index (χ1v) is 28.4. The van der Waals surface area contributed by atoms with E-state index >= 15 is 0 Å². The van der Waals surface area contributed by atoms with Gasteiger partial charge in [0.2, 0.25) is 0 Å². The molecule has 0 bridgehead atoms. The molecule has 0 aliphatic rings. The van der Waals surface area contributed by atoms with Gasteiger partial charge in [0.25, 0.3) is 0 Å². The van der Waals surface area contributed by atoms with Crippen LogP contribution in [0.1, 0.15) is 252 Å². The molecule has 0 unspecified atom stereocenters. The Labute approximate surface area is 425 Å². The molecule has 0 saturated carbocycles. The molecule has 392 valence electrons. The van der Waals surface area contributed by atoms with E-state index < -0.39 is 6.10 Å². The molecule has 0 N–H and O–H groups in total. The Morgan fingerprint density at radius 2 is 0.565 bits per heavy atom. The quantitative estimate of drug-likeness (QED) is 0.0262. The molecule has 0 aliphatic carbocycles. The Morgan fingerprint density at radius 1 is 0.304 bits per heavy atom. The van der Waals surface area contributed by atoms with Gasteiger partial charge >= 0.3 is 17.9 Å². The van der Waals surface area contributed by atoms with Crippen LogP contribution in [0.5, 0.6) is 0 Å². The monoisotopic (exact) mass is 957 g/mol. The smallest absolute Gasteiger partial charge is 0.306 e. The topological polar surface area (TPSA) is 78.9 Å². The fourth-order valence-electron chi connectivity index (χ4n) is 7.54. The zero-order valence-corrected chi connectivity index (χ0v) is 44.8. The van der Waals surface area contributed by atoms with Gasteiger partial charge in [0.1, 0.15) is 13.2 Å². The number of ether oxygens (including phenoxy) is 3. The maximum Gasteiger partial charge on any atom is 0.306 e. The van der Waals surface area contributed by atoms with E-state index in [1.807, 2.05) is 0 Å². The van der Waals surface area contributed by atoms with E-state index in [4.69, 9.17) is 14.2 Å². The number of rotatable bonds is 50. The summed E-state index contributed by atoms with van der Waals surface area (Å²) in [5.41, 5.74) is 0. The van der Waals surface area contributed by atoms with Crippen LogP contribution in [0.3, 0.4) is 0 Å². The molecule has 0 saturated heterocycles. The van der Waals surface area contributed by atoms with E-state index in [2.05, 4.69) is 130 Å². The predicted octanol–water partition coefficient (Wildman–Crippen LogP) is 19.1. The molecule has 0 radical (unpaired) electrons. The first-order valence-electron chi connectivity index (χ1n) is 28.4. The van der Waals surface area contributed by atoms with Crippen LogP contribution >= 0.6 is 0 Å². The normalized spacial score (nSPS) is 12.9. The van der Waals surface area contributed by atoms with Crippen molar-refractivity contribution in [3.63, 3.8) is 0 Å². The summed E-state index contributed by atoms with van der Waals surface area (Å²) in [6.45, 7) is 6.35. The van der Waals surface area contributed by atoms with E-state index in [0.29, 0.717) is 19.3 Å². The molecule has 0 aliphatic heterocycles. The Bertz CT molecular complexity index is 1420. The highest BCUT2D eigenvalue weighted by atomic mass is 16.6. The molecular weight excluding hydrogens is 853 g/mol. The number of unbranched alkanes of at least 4 members (excludes halogenated alkanes) is 21. The third-order valence-corrected chi connectivity index (χ3v) is 11.7. The van der Waals surface area contributed by atoms with Crippen LogP contribution in [-0.4, -0.2) is 37.2 Å². The van der Waals surface area contributed by atoms with E-state index in [1.54, 1.807) is 0 Å².